The Bertz CT molecular complexity index is 595. The molecule has 1 aromatic heterocycles. The lowest BCUT2D eigenvalue weighted by Crippen LogP contribution is -2.41. The number of piperidine rings is 1. The summed E-state index contributed by atoms with van der Waals surface area (Å²) in [5.41, 5.74) is 0.786. The van der Waals surface area contributed by atoms with Gasteiger partial charge in [0.05, 0.1) is 6.61 Å². The molecule has 134 valence electrons. The second-order valence-corrected chi connectivity index (χ2v) is 6.99. The standard InChI is InChI=1S/C17H27N3O4/c1-5-23-15(21)14-13(8-11-20(14)18)12-6-9-19(10-7-12)16(22)24-17(2,3)4/h8,11-12H,5-7,9-10,18H2,1-4H3. The van der Waals surface area contributed by atoms with Gasteiger partial charge in [0, 0.05) is 19.3 Å². The minimum absolute atomic E-state index is 0.174. The van der Waals surface area contributed by atoms with Crippen molar-refractivity contribution in [1.29, 1.82) is 0 Å². The van der Waals surface area contributed by atoms with Gasteiger partial charge < -0.3 is 20.2 Å². The molecule has 1 aromatic rings. The zero-order chi connectivity index (χ0) is 17.9. The molecule has 7 nitrogen and oxygen atoms in total. The first-order chi connectivity index (χ1) is 11.2. The number of nitrogen functional groups attached to an aromatic ring is 1. The van der Waals surface area contributed by atoms with E-state index in [0.29, 0.717) is 25.4 Å². The largest absolute Gasteiger partial charge is 0.461 e. The van der Waals surface area contributed by atoms with Crippen molar-refractivity contribution in [2.24, 2.45) is 0 Å². The van der Waals surface area contributed by atoms with E-state index in [1.54, 1.807) is 18.0 Å². The third kappa shape index (κ3) is 4.21. The molecule has 0 saturated carbocycles. The van der Waals surface area contributed by atoms with Crippen LogP contribution >= 0.6 is 0 Å². The third-order valence-electron chi connectivity index (χ3n) is 4.00. The molecule has 0 radical (unpaired) electrons. The van der Waals surface area contributed by atoms with Gasteiger partial charge in [-0.3, -0.25) is 4.68 Å². The number of carbonyl (C=O) groups is 2. The molecule has 0 unspecified atom stereocenters. The van der Waals surface area contributed by atoms with E-state index in [1.807, 2.05) is 26.8 Å². The molecular weight excluding hydrogens is 310 g/mol. The highest BCUT2D eigenvalue weighted by atomic mass is 16.6. The van der Waals surface area contributed by atoms with Gasteiger partial charge in [0.15, 0.2) is 5.69 Å². The van der Waals surface area contributed by atoms with Crippen LogP contribution in [0.3, 0.4) is 0 Å². The summed E-state index contributed by atoms with van der Waals surface area (Å²) in [6, 6.07) is 1.86. The van der Waals surface area contributed by atoms with Crippen molar-refractivity contribution in [3.63, 3.8) is 0 Å². The number of likely N-dealkylation sites (tertiary alicyclic amines) is 1. The highest BCUT2D eigenvalue weighted by Crippen LogP contribution is 2.31. The van der Waals surface area contributed by atoms with Crippen molar-refractivity contribution in [2.45, 2.75) is 52.1 Å². The third-order valence-corrected chi connectivity index (χ3v) is 4.00. The van der Waals surface area contributed by atoms with E-state index in [4.69, 9.17) is 15.3 Å². The van der Waals surface area contributed by atoms with Crippen LogP contribution in [0.1, 0.15) is 62.5 Å². The highest BCUT2D eigenvalue weighted by Gasteiger charge is 2.30. The molecule has 2 rings (SSSR count). The summed E-state index contributed by atoms with van der Waals surface area (Å²) < 4.78 is 11.8. The molecule has 0 bridgehead atoms. The van der Waals surface area contributed by atoms with Gasteiger partial charge in [0.1, 0.15) is 5.60 Å². The normalized spacial score (nSPS) is 16.1. The number of nitrogens with two attached hydrogens (primary N) is 1. The van der Waals surface area contributed by atoms with Crippen LogP contribution in [0.2, 0.25) is 0 Å². The lowest BCUT2D eigenvalue weighted by Gasteiger charge is -2.33. The Morgan fingerprint density at radius 1 is 1.29 bits per heavy atom. The minimum atomic E-state index is -0.498. The van der Waals surface area contributed by atoms with Crippen LogP contribution in [0.5, 0.6) is 0 Å². The molecular formula is C17H27N3O4. The molecule has 7 heteroatoms. The number of amides is 1. The van der Waals surface area contributed by atoms with Gasteiger partial charge in [0.25, 0.3) is 0 Å². The van der Waals surface area contributed by atoms with Gasteiger partial charge in [-0.2, -0.15) is 0 Å². The van der Waals surface area contributed by atoms with Gasteiger partial charge in [-0.15, -0.1) is 0 Å². The van der Waals surface area contributed by atoms with Gasteiger partial charge in [-0.05, 0) is 58.1 Å². The molecule has 0 aliphatic carbocycles. The summed E-state index contributed by atoms with van der Waals surface area (Å²) >= 11 is 0. The van der Waals surface area contributed by atoms with Gasteiger partial charge in [0.2, 0.25) is 0 Å². The molecule has 0 spiro atoms. The zero-order valence-corrected chi connectivity index (χ0v) is 14.9. The summed E-state index contributed by atoms with van der Waals surface area (Å²) in [5.74, 6) is 5.62. The number of carbonyl (C=O) groups excluding carboxylic acids is 2. The number of hydrogen-bond acceptors (Lipinski definition) is 5. The molecule has 1 aliphatic heterocycles. The maximum atomic E-state index is 12.1. The van der Waals surface area contributed by atoms with E-state index in [9.17, 15) is 9.59 Å². The summed E-state index contributed by atoms with van der Waals surface area (Å²) in [4.78, 5) is 26.0. The summed E-state index contributed by atoms with van der Waals surface area (Å²) in [6.07, 6.45) is 2.90. The highest BCUT2D eigenvalue weighted by molar-refractivity contribution is 5.89. The van der Waals surface area contributed by atoms with E-state index in [-0.39, 0.29) is 12.0 Å². The SMILES string of the molecule is CCOC(=O)c1c(C2CCN(C(=O)OC(C)(C)C)CC2)ccn1N. The maximum Gasteiger partial charge on any atom is 0.410 e. The van der Waals surface area contributed by atoms with Crippen molar-refractivity contribution in [3.8, 4) is 0 Å². The van der Waals surface area contributed by atoms with Crippen molar-refractivity contribution >= 4 is 12.1 Å². The minimum Gasteiger partial charge on any atom is -0.461 e. The first-order valence-electron chi connectivity index (χ1n) is 8.34. The van der Waals surface area contributed by atoms with Crippen LogP contribution in [0.25, 0.3) is 0 Å². The van der Waals surface area contributed by atoms with Crippen molar-refractivity contribution < 1.29 is 19.1 Å². The summed E-state index contributed by atoms with van der Waals surface area (Å²) in [5, 5.41) is 0. The van der Waals surface area contributed by atoms with E-state index >= 15 is 0 Å². The quantitative estimate of drug-likeness (QED) is 0.676. The number of rotatable bonds is 3. The van der Waals surface area contributed by atoms with Crippen LogP contribution in [-0.4, -0.2) is 46.9 Å². The van der Waals surface area contributed by atoms with Crippen LogP contribution < -0.4 is 5.84 Å². The van der Waals surface area contributed by atoms with E-state index < -0.39 is 11.6 Å². The molecule has 0 atom stereocenters. The Morgan fingerprint density at radius 3 is 2.46 bits per heavy atom. The molecule has 0 aromatic carbocycles. The molecule has 2 heterocycles. The Balaban J connectivity index is 2.03. The molecule has 2 N–H and O–H groups in total. The van der Waals surface area contributed by atoms with Gasteiger partial charge in [-0.1, -0.05) is 0 Å². The Labute approximate surface area is 142 Å². The second-order valence-electron chi connectivity index (χ2n) is 6.99. The number of esters is 1. The fourth-order valence-electron chi connectivity index (χ4n) is 2.91. The Hall–Kier alpha value is -2.18. The molecule has 1 aliphatic rings. The fourth-order valence-corrected chi connectivity index (χ4v) is 2.91. The summed E-state index contributed by atoms with van der Waals surface area (Å²) in [6.45, 7) is 8.82. The van der Waals surface area contributed by atoms with Crippen molar-refractivity contribution in [1.82, 2.24) is 9.58 Å². The number of aromatic nitrogens is 1. The maximum absolute atomic E-state index is 12.1. The second kappa shape index (κ2) is 7.15. The monoisotopic (exact) mass is 337 g/mol. The zero-order valence-electron chi connectivity index (χ0n) is 14.9. The van der Waals surface area contributed by atoms with Crippen molar-refractivity contribution in [2.75, 3.05) is 25.5 Å². The average Bonchev–Trinajstić information content (AvgIpc) is 2.88. The molecule has 1 amide bonds. The van der Waals surface area contributed by atoms with E-state index in [0.717, 1.165) is 18.4 Å². The average molecular weight is 337 g/mol. The number of ether oxygens (including phenoxy) is 2. The van der Waals surface area contributed by atoms with E-state index in [2.05, 4.69) is 0 Å². The fraction of sp³-hybridized carbons (Fsp3) is 0.647. The van der Waals surface area contributed by atoms with Crippen LogP contribution in [0, 0.1) is 0 Å². The number of nitrogens with zero attached hydrogens (tertiary/aromatic N) is 2. The van der Waals surface area contributed by atoms with Crippen LogP contribution in [0.15, 0.2) is 12.3 Å². The Morgan fingerprint density at radius 2 is 1.92 bits per heavy atom. The van der Waals surface area contributed by atoms with Gasteiger partial charge >= 0.3 is 12.1 Å². The predicted octanol–water partition coefficient (Wildman–Crippen LogP) is 2.49. The molecule has 1 fully saturated rings. The molecule has 24 heavy (non-hydrogen) atoms. The number of hydrogen-bond donors (Lipinski definition) is 1. The lowest BCUT2D eigenvalue weighted by atomic mass is 9.89. The van der Waals surface area contributed by atoms with Crippen LogP contribution in [0.4, 0.5) is 4.79 Å². The van der Waals surface area contributed by atoms with Gasteiger partial charge in [-0.25, -0.2) is 9.59 Å². The predicted molar refractivity (Wildman–Crippen MR) is 90.3 cm³/mol. The summed E-state index contributed by atoms with van der Waals surface area (Å²) in [7, 11) is 0. The lowest BCUT2D eigenvalue weighted by molar-refractivity contribution is 0.0203. The molecule has 1 saturated heterocycles. The van der Waals surface area contributed by atoms with Crippen molar-refractivity contribution in [3.05, 3.63) is 23.5 Å². The topological polar surface area (TPSA) is 86.8 Å². The Kier molecular flexibility index (Phi) is 5.41. The first-order valence-corrected chi connectivity index (χ1v) is 8.34. The van der Waals surface area contributed by atoms with Crippen LogP contribution in [-0.2, 0) is 9.47 Å². The first kappa shape index (κ1) is 18.2. The van der Waals surface area contributed by atoms with E-state index in [1.165, 1.54) is 4.68 Å². The smallest absolute Gasteiger partial charge is 0.410 e.